The first-order valence-electron chi connectivity index (χ1n) is 4.79. The lowest BCUT2D eigenvalue weighted by Crippen LogP contribution is -2.45. The van der Waals surface area contributed by atoms with Gasteiger partial charge in [-0.15, -0.1) is 0 Å². The van der Waals surface area contributed by atoms with Gasteiger partial charge in [-0.25, -0.2) is 5.32 Å². The Morgan fingerprint density at radius 2 is 2.25 bits per heavy atom. The van der Waals surface area contributed by atoms with E-state index in [1.54, 1.807) is 0 Å². The average molecular weight is 169 g/mol. The molecular formula is C8H17N4. The summed E-state index contributed by atoms with van der Waals surface area (Å²) >= 11 is 0. The summed E-state index contributed by atoms with van der Waals surface area (Å²) in [4.78, 5) is 2.40. The van der Waals surface area contributed by atoms with E-state index in [1.807, 2.05) is 0 Å². The lowest BCUT2D eigenvalue weighted by atomic mass is 10.4. The van der Waals surface area contributed by atoms with Crippen LogP contribution in [0.1, 0.15) is 6.42 Å². The summed E-state index contributed by atoms with van der Waals surface area (Å²) in [5.41, 5.74) is 0. The minimum absolute atomic E-state index is 0.419. The normalized spacial score (nSPS) is 33.5. The van der Waals surface area contributed by atoms with Crippen LogP contribution in [0.4, 0.5) is 0 Å². The van der Waals surface area contributed by atoms with Gasteiger partial charge in [-0.2, -0.15) is 0 Å². The lowest BCUT2D eigenvalue weighted by molar-refractivity contribution is 0.203. The molecule has 4 heteroatoms. The van der Waals surface area contributed by atoms with E-state index < -0.39 is 0 Å². The molecule has 0 aromatic rings. The molecule has 0 spiro atoms. The van der Waals surface area contributed by atoms with Gasteiger partial charge in [-0.05, 0) is 13.0 Å². The van der Waals surface area contributed by atoms with Crippen molar-refractivity contribution in [3.8, 4) is 0 Å². The van der Waals surface area contributed by atoms with Crippen LogP contribution in [-0.4, -0.2) is 50.5 Å². The highest BCUT2D eigenvalue weighted by Crippen LogP contribution is 2.01. The molecule has 4 nitrogen and oxygen atoms in total. The number of nitrogens with one attached hydrogen (secondary N) is 2. The molecule has 0 aliphatic carbocycles. The van der Waals surface area contributed by atoms with Crippen LogP contribution in [0.5, 0.6) is 0 Å². The van der Waals surface area contributed by atoms with Crippen molar-refractivity contribution in [1.82, 2.24) is 20.9 Å². The van der Waals surface area contributed by atoms with Crippen molar-refractivity contribution in [3.05, 3.63) is 0 Å². The maximum absolute atomic E-state index is 4.63. The number of hydrogen-bond acceptors (Lipinski definition) is 3. The van der Waals surface area contributed by atoms with Crippen molar-refractivity contribution >= 4 is 0 Å². The molecular weight excluding hydrogens is 152 g/mol. The average Bonchev–Trinajstić information content (AvgIpc) is 2.48. The predicted octanol–water partition coefficient (Wildman–Crippen LogP) is -1.23. The molecule has 0 saturated carbocycles. The van der Waals surface area contributed by atoms with E-state index in [2.05, 4.69) is 20.9 Å². The summed E-state index contributed by atoms with van der Waals surface area (Å²) in [6.45, 7) is 6.45. The predicted molar refractivity (Wildman–Crippen MR) is 47.9 cm³/mol. The van der Waals surface area contributed by atoms with Crippen LogP contribution in [0.2, 0.25) is 0 Å². The van der Waals surface area contributed by atoms with E-state index in [9.17, 15) is 0 Å². The fourth-order valence-electron chi connectivity index (χ4n) is 1.76. The van der Waals surface area contributed by atoms with Gasteiger partial charge < -0.3 is 10.6 Å². The zero-order valence-corrected chi connectivity index (χ0v) is 7.42. The quantitative estimate of drug-likeness (QED) is 0.516. The minimum Gasteiger partial charge on any atom is -0.314 e. The second kappa shape index (κ2) is 4.18. The summed E-state index contributed by atoms with van der Waals surface area (Å²) in [7, 11) is 0. The third-order valence-corrected chi connectivity index (χ3v) is 2.49. The Kier molecular flexibility index (Phi) is 2.94. The molecule has 0 amide bonds. The van der Waals surface area contributed by atoms with E-state index in [0.717, 1.165) is 39.4 Å². The van der Waals surface area contributed by atoms with Gasteiger partial charge in [0.2, 0.25) is 0 Å². The second-order valence-corrected chi connectivity index (χ2v) is 3.41. The van der Waals surface area contributed by atoms with E-state index in [1.165, 1.54) is 6.42 Å². The SMILES string of the molecule is C1C[N]C(N2CCNC2)CNC1. The summed E-state index contributed by atoms with van der Waals surface area (Å²) < 4.78 is 0. The van der Waals surface area contributed by atoms with Crippen molar-refractivity contribution < 1.29 is 0 Å². The third-order valence-electron chi connectivity index (χ3n) is 2.49. The first-order chi connectivity index (χ1) is 5.97. The third kappa shape index (κ3) is 1.95. The van der Waals surface area contributed by atoms with Gasteiger partial charge in [0.1, 0.15) is 0 Å². The second-order valence-electron chi connectivity index (χ2n) is 3.41. The van der Waals surface area contributed by atoms with Crippen molar-refractivity contribution in [2.24, 2.45) is 0 Å². The Balaban J connectivity index is 1.83. The highest BCUT2D eigenvalue weighted by Gasteiger charge is 2.22. The molecule has 69 valence electrons. The molecule has 12 heavy (non-hydrogen) atoms. The van der Waals surface area contributed by atoms with Gasteiger partial charge in [0.05, 0.1) is 6.17 Å². The Morgan fingerprint density at radius 3 is 3.08 bits per heavy atom. The van der Waals surface area contributed by atoms with Crippen molar-refractivity contribution in [2.45, 2.75) is 12.6 Å². The van der Waals surface area contributed by atoms with Crippen LogP contribution in [0, 0.1) is 0 Å². The molecule has 0 bridgehead atoms. The van der Waals surface area contributed by atoms with Gasteiger partial charge in [0.15, 0.2) is 0 Å². The van der Waals surface area contributed by atoms with Crippen LogP contribution < -0.4 is 16.0 Å². The van der Waals surface area contributed by atoms with Gasteiger partial charge in [0, 0.05) is 32.8 Å². The summed E-state index contributed by atoms with van der Waals surface area (Å²) in [5.74, 6) is 0. The van der Waals surface area contributed by atoms with Gasteiger partial charge in [0.25, 0.3) is 0 Å². The number of hydrogen-bond donors (Lipinski definition) is 2. The van der Waals surface area contributed by atoms with E-state index in [0.29, 0.717) is 6.17 Å². The Hall–Kier alpha value is -0.160. The van der Waals surface area contributed by atoms with Crippen molar-refractivity contribution in [3.63, 3.8) is 0 Å². The first-order valence-corrected chi connectivity index (χ1v) is 4.79. The van der Waals surface area contributed by atoms with Crippen molar-refractivity contribution in [1.29, 1.82) is 0 Å². The highest BCUT2D eigenvalue weighted by molar-refractivity contribution is 4.77. The van der Waals surface area contributed by atoms with Crippen LogP contribution in [0.3, 0.4) is 0 Å². The fraction of sp³-hybridized carbons (Fsp3) is 1.00. The number of rotatable bonds is 1. The molecule has 1 atom stereocenters. The summed E-state index contributed by atoms with van der Waals surface area (Å²) in [5, 5.41) is 11.4. The van der Waals surface area contributed by atoms with Gasteiger partial charge >= 0.3 is 0 Å². The largest absolute Gasteiger partial charge is 0.314 e. The highest BCUT2D eigenvalue weighted by atomic mass is 15.4. The Morgan fingerprint density at radius 1 is 1.25 bits per heavy atom. The standard InChI is InChI=1S/C8H17N4/c1-2-9-6-8(11-3-1)12-5-4-10-7-12/h8-10H,1-7H2. The molecule has 2 fully saturated rings. The number of nitrogens with zero attached hydrogens (tertiary/aromatic N) is 2. The zero-order chi connectivity index (χ0) is 8.23. The molecule has 2 saturated heterocycles. The molecule has 0 aromatic carbocycles. The van der Waals surface area contributed by atoms with Crippen LogP contribution >= 0.6 is 0 Å². The van der Waals surface area contributed by atoms with Gasteiger partial charge in [-0.3, -0.25) is 4.90 Å². The van der Waals surface area contributed by atoms with E-state index in [-0.39, 0.29) is 0 Å². The maximum atomic E-state index is 4.63. The lowest BCUT2D eigenvalue weighted by Gasteiger charge is -2.24. The zero-order valence-electron chi connectivity index (χ0n) is 7.42. The fourth-order valence-corrected chi connectivity index (χ4v) is 1.76. The van der Waals surface area contributed by atoms with Crippen LogP contribution in [0.25, 0.3) is 0 Å². The monoisotopic (exact) mass is 169 g/mol. The minimum atomic E-state index is 0.419. The van der Waals surface area contributed by atoms with Crippen molar-refractivity contribution in [2.75, 3.05) is 39.4 Å². The smallest absolute Gasteiger partial charge is 0.0897 e. The van der Waals surface area contributed by atoms with Crippen LogP contribution in [0.15, 0.2) is 0 Å². The molecule has 1 unspecified atom stereocenters. The molecule has 1 radical (unpaired) electrons. The van der Waals surface area contributed by atoms with E-state index in [4.69, 9.17) is 0 Å². The summed E-state index contributed by atoms with van der Waals surface area (Å²) in [6, 6.07) is 0. The maximum Gasteiger partial charge on any atom is 0.0897 e. The molecule has 2 rings (SSSR count). The molecule has 2 heterocycles. The van der Waals surface area contributed by atoms with Gasteiger partial charge in [-0.1, -0.05) is 0 Å². The topological polar surface area (TPSA) is 41.4 Å². The van der Waals surface area contributed by atoms with Crippen LogP contribution in [-0.2, 0) is 0 Å². The Labute approximate surface area is 73.7 Å². The summed E-state index contributed by atoms with van der Waals surface area (Å²) in [6.07, 6.45) is 1.61. The molecule has 2 N–H and O–H groups in total. The molecule has 0 aromatic heterocycles. The first kappa shape index (κ1) is 8.44. The molecule has 2 aliphatic heterocycles. The van der Waals surface area contributed by atoms with E-state index >= 15 is 0 Å². The molecule has 2 aliphatic rings. The Bertz CT molecular complexity index is 125.